The molecule has 2 saturated heterocycles. The molecule has 3 unspecified atom stereocenters. The summed E-state index contributed by atoms with van der Waals surface area (Å²) in [5, 5.41) is 0. The van der Waals surface area contributed by atoms with Crippen molar-refractivity contribution in [3.8, 4) is 0 Å². The van der Waals surface area contributed by atoms with E-state index in [-0.39, 0.29) is 17.9 Å². The van der Waals surface area contributed by atoms with Crippen LogP contribution in [0, 0.1) is 17.8 Å². The molecule has 0 aromatic rings. The van der Waals surface area contributed by atoms with Crippen molar-refractivity contribution in [1.29, 1.82) is 0 Å². The van der Waals surface area contributed by atoms with E-state index in [0.717, 1.165) is 64.4 Å². The topological polar surface area (TPSA) is 65.1 Å². The zero-order valence-corrected chi connectivity index (χ0v) is 30.2. The average Bonchev–Trinajstić information content (AvgIpc) is 3.41. The van der Waals surface area contributed by atoms with Crippen molar-refractivity contribution in [3.63, 3.8) is 0 Å². The van der Waals surface area contributed by atoms with Gasteiger partial charge in [-0.2, -0.15) is 0 Å². The first-order chi connectivity index (χ1) is 21.8. The lowest BCUT2D eigenvalue weighted by Crippen LogP contribution is -2.39. The van der Waals surface area contributed by atoms with Gasteiger partial charge in [0.1, 0.15) is 6.29 Å². The molecule has 3 atom stereocenters. The van der Waals surface area contributed by atoms with E-state index in [1.54, 1.807) is 0 Å². The molecule has 2 aliphatic heterocycles. The molecule has 0 aliphatic carbocycles. The van der Waals surface area contributed by atoms with E-state index in [1.165, 1.54) is 103 Å². The van der Waals surface area contributed by atoms with Gasteiger partial charge in [-0.3, -0.25) is 4.79 Å². The van der Waals surface area contributed by atoms with Gasteiger partial charge in [0, 0.05) is 32.2 Å². The van der Waals surface area contributed by atoms with Crippen molar-refractivity contribution in [2.24, 2.45) is 17.8 Å². The van der Waals surface area contributed by atoms with Crippen molar-refractivity contribution >= 4 is 12.3 Å². The molecular weight excluding hydrogens is 562 g/mol. The Labute approximate surface area is 278 Å². The first-order valence-corrected chi connectivity index (χ1v) is 19.5. The number of piperidine rings is 1. The third kappa shape index (κ3) is 19.4. The minimum atomic E-state index is -0.381. The number of hydrogen-bond donors (Lipinski definition) is 0. The number of carbonyl (C=O) groups is 2. The molecule has 2 rings (SSSR count). The number of carbonyl (C=O) groups excluding carboxylic acids is 2. The Morgan fingerprint density at radius 1 is 0.800 bits per heavy atom. The summed E-state index contributed by atoms with van der Waals surface area (Å²) in [6, 6.07) is 0. The summed E-state index contributed by atoms with van der Waals surface area (Å²) in [6.45, 7) is 13.8. The van der Waals surface area contributed by atoms with Crippen LogP contribution in [-0.4, -0.2) is 61.9 Å². The predicted molar refractivity (Wildman–Crippen MR) is 186 cm³/mol. The molecule has 0 aromatic carbocycles. The molecule has 0 amide bonds. The number of nitrogens with zero attached hydrogens (tertiary/aromatic N) is 1. The van der Waals surface area contributed by atoms with E-state index in [9.17, 15) is 9.59 Å². The lowest BCUT2D eigenvalue weighted by atomic mass is 9.89. The summed E-state index contributed by atoms with van der Waals surface area (Å²) in [6.07, 6.45) is 27.4. The van der Waals surface area contributed by atoms with Crippen LogP contribution in [0.5, 0.6) is 0 Å². The van der Waals surface area contributed by atoms with Gasteiger partial charge in [0.25, 0.3) is 0 Å². The predicted octanol–water partition coefficient (Wildman–Crippen LogP) is 10.1. The molecule has 0 saturated carbocycles. The number of hydrogen-bond acceptors (Lipinski definition) is 6. The maximum atomic E-state index is 12.3. The summed E-state index contributed by atoms with van der Waals surface area (Å²) < 4.78 is 18.9. The van der Waals surface area contributed by atoms with Crippen LogP contribution in [0.3, 0.4) is 0 Å². The number of likely N-dealkylation sites (tertiary alicyclic amines) is 1. The minimum absolute atomic E-state index is 0.0137. The highest BCUT2D eigenvalue weighted by Gasteiger charge is 2.41. The quantitative estimate of drug-likeness (QED) is 0.0484. The van der Waals surface area contributed by atoms with Crippen molar-refractivity contribution in [2.75, 3.05) is 32.8 Å². The lowest BCUT2D eigenvalue weighted by molar-refractivity contribution is -0.181. The van der Waals surface area contributed by atoms with Gasteiger partial charge >= 0.3 is 5.97 Å². The second-order valence-corrected chi connectivity index (χ2v) is 15.1. The van der Waals surface area contributed by atoms with Gasteiger partial charge in [-0.15, -0.1) is 0 Å². The van der Waals surface area contributed by atoms with Crippen LogP contribution in [0.1, 0.15) is 175 Å². The monoisotopic (exact) mass is 636 g/mol. The third-order valence-electron chi connectivity index (χ3n) is 10.2. The van der Waals surface area contributed by atoms with E-state index in [4.69, 9.17) is 14.2 Å². The molecule has 2 heterocycles. The summed E-state index contributed by atoms with van der Waals surface area (Å²) in [4.78, 5) is 25.4. The maximum absolute atomic E-state index is 12.3. The molecule has 0 aromatic heterocycles. The maximum Gasteiger partial charge on any atom is 0.305 e. The molecular formula is C39H73NO5. The highest BCUT2D eigenvalue weighted by molar-refractivity contribution is 5.69. The van der Waals surface area contributed by atoms with Crippen molar-refractivity contribution in [2.45, 2.75) is 187 Å². The van der Waals surface area contributed by atoms with Crippen LogP contribution in [0.15, 0.2) is 0 Å². The Morgan fingerprint density at radius 2 is 1.38 bits per heavy atom. The van der Waals surface area contributed by atoms with Gasteiger partial charge in [-0.25, -0.2) is 0 Å². The molecule has 0 N–H and O–H groups in total. The SMILES string of the molecule is CC(C)CCC(COC(=O)CCCCCCCCCC1(CCCCCCCCCC=O)OCC(CN2CCCCC2)O1)C(C)C. The van der Waals surface area contributed by atoms with Gasteiger partial charge in [-0.1, -0.05) is 105 Å². The molecule has 6 nitrogen and oxygen atoms in total. The smallest absolute Gasteiger partial charge is 0.305 e. The van der Waals surface area contributed by atoms with Crippen LogP contribution < -0.4 is 0 Å². The summed E-state index contributed by atoms with van der Waals surface area (Å²) in [5.74, 6) is 1.34. The Bertz CT molecular complexity index is 737. The molecule has 264 valence electrons. The van der Waals surface area contributed by atoms with E-state index in [2.05, 4.69) is 32.6 Å². The number of ether oxygens (including phenoxy) is 3. The minimum Gasteiger partial charge on any atom is -0.465 e. The number of unbranched alkanes of at least 4 members (excludes halogenated alkanes) is 13. The van der Waals surface area contributed by atoms with Crippen LogP contribution >= 0.6 is 0 Å². The van der Waals surface area contributed by atoms with E-state index in [1.807, 2.05) is 0 Å². The van der Waals surface area contributed by atoms with Crippen molar-refractivity contribution in [1.82, 2.24) is 4.90 Å². The highest BCUT2D eigenvalue weighted by Crippen LogP contribution is 2.35. The van der Waals surface area contributed by atoms with Crippen LogP contribution in [-0.2, 0) is 23.8 Å². The zero-order valence-electron chi connectivity index (χ0n) is 30.2. The van der Waals surface area contributed by atoms with Gasteiger partial charge in [0.05, 0.1) is 19.3 Å². The molecule has 45 heavy (non-hydrogen) atoms. The summed E-state index contributed by atoms with van der Waals surface area (Å²) >= 11 is 0. The summed E-state index contributed by atoms with van der Waals surface area (Å²) in [5.41, 5.74) is 0. The first-order valence-electron chi connectivity index (χ1n) is 19.5. The van der Waals surface area contributed by atoms with Crippen LogP contribution in [0.2, 0.25) is 0 Å². The molecule has 6 heteroatoms. The summed E-state index contributed by atoms with van der Waals surface area (Å²) in [7, 11) is 0. The Hall–Kier alpha value is -0.980. The second-order valence-electron chi connectivity index (χ2n) is 15.1. The lowest BCUT2D eigenvalue weighted by Gasteiger charge is -2.31. The Balaban J connectivity index is 1.59. The normalized spacial score (nSPS) is 21.5. The zero-order chi connectivity index (χ0) is 32.6. The van der Waals surface area contributed by atoms with Crippen LogP contribution in [0.25, 0.3) is 0 Å². The Morgan fingerprint density at radius 3 is 1.96 bits per heavy atom. The van der Waals surface area contributed by atoms with Crippen molar-refractivity contribution in [3.05, 3.63) is 0 Å². The van der Waals surface area contributed by atoms with E-state index >= 15 is 0 Å². The molecule has 2 aliphatic rings. The number of rotatable bonds is 28. The number of esters is 1. The fourth-order valence-corrected chi connectivity index (χ4v) is 7.01. The largest absolute Gasteiger partial charge is 0.465 e. The van der Waals surface area contributed by atoms with E-state index < -0.39 is 0 Å². The van der Waals surface area contributed by atoms with Crippen LogP contribution in [0.4, 0.5) is 0 Å². The van der Waals surface area contributed by atoms with Gasteiger partial charge in [-0.05, 0) is 75.8 Å². The highest BCUT2D eigenvalue weighted by atomic mass is 16.7. The number of aldehydes is 1. The Kier molecular flexibility index (Phi) is 22.4. The van der Waals surface area contributed by atoms with Gasteiger partial charge in [0.2, 0.25) is 0 Å². The molecule has 0 bridgehead atoms. The molecule has 0 radical (unpaired) electrons. The van der Waals surface area contributed by atoms with E-state index in [0.29, 0.717) is 37.2 Å². The van der Waals surface area contributed by atoms with Gasteiger partial charge in [0.15, 0.2) is 5.79 Å². The second kappa shape index (κ2) is 25.1. The standard InChI is InChI=1S/C39H73NO5/c1-34(2)24-25-36(35(3)4)32-43-38(42)23-17-12-8-7-10-14-19-27-39(26-18-13-9-5-6-11-15-22-30-41)44-33-37(45-39)31-40-28-20-16-21-29-40/h30,34-37H,5-29,31-33H2,1-4H3. The third-order valence-corrected chi connectivity index (χ3v) is 10.2. The first kappa shape index (κ1) is 40.2. The van der Waals surface area contributed by atoms with Crippen molar-refractivity contribution < 1.29 is 23.8 Å². The van der Waals surface area contributed by atoms with Gasteiger partial charge < -0.3 is 23.9 Å². The molecule has 2 fully saturated rings. The average molecular weight is 636 g/mol. The molecule has 0 spiro atoms. The fraction of sp³-hybridized carbons (Fsp3) is 0.949. The fourth-order valence-electron chi connectivity index (χ4n) is 7.01.